The highest BCUT2D eigenvalue weighted by atomic mass is 15.0. The lowest BCUT2D eigenvalue weighted by atomic mass is 9.89. The average molecular weight is 777 g/mol. The van der Waals surface area contributed by atoms with Gasteiger partial charge >= 0.3 is 0 Å². The third-order valence-electron chi connectivity index (χ3n) is 12.1. The van der Waals surface area contributed by atoms with E-state index in [1.807, 2.05) is 60.7 Å². The molecule has 0 unspecified atom stereocenters. The molecule has 4 heteroatoms. The van der Waals surface area contributed by atoms with Gasteiger partial charge in [-0.2, -0.15) is 0 Å². The molecule has 2 heterocycles. The van der Waals surface area contributed by atoms with E-state index in [1.54, 1.807) is 0 Å². The van der Waals surface area contributed by atoms with Crippen LogP contribution in [0.4, 0.5) is 0 Å². The molecule has 4 nitrogen and oxygen atoms in total. The molecule has 284 valence electrons. The average Bonchev–Trinajstić information content (AvgIpc) is 3.68. The molecular weight excluding hydrogens is 741 g/mol. The van der Waals surface area contributed by atoms with E-state index in [-0.39, 0.29) is 0 Å². The molecule has 12 rings (SSSR count). The Morgan fingerprint density at radius 3 is 1.18 bits per heavy atom. The number of benzene rings is 10. The number of aromatic nitrogens is 4. The molecule has 10 aromatic carbocycles. The topological polar surface area (TPSA) is 43.6 Å². The summed E-state index contributed by atoms with van der Waals surface area (Å²) in [7, 11) is 0. The summed E-state index contributed by atoms with van der Waals surface area (Å²) in [6.45, 7) is 0. The van der Waals surface area contributed by atoms with Gasteiger partial charge in [0.05, 0.1) is 11.0 Å². The van der Waals surface area contributed by atoms with Gasteiger partial charge in [-0.25, -0.2) is 15.0 Å². The van der Waals surface area contributed by atoms with Crippen molar-refractivity contribution in [3.63, 3.8) is 0 Å². The van der Waals surface area contributed by atoms with E-state index in [2.05, 4.69) is 162 Å². The second-order valence-corrected chi connectivity index (χ2v) is 15.6. The fourth-order valence-electron chi connectivity index (χ4n) is 9.18. The lowest BCUT2D eigenvalue weighted by molar-refractivity contribution is 1.07. The first kappa shape index (κ1) is 34.8. The molecule has 0 atom stereocenters. The fourth-order valence-corrected chi connectivity index (χ4v) is 9.18. The molecule has 12 aromatic rings. The van der Waals surface area contributed by atoms with Gasteiger partial charge in [-0.05, 0) is 97.0 Å². The van der Waals surface area contributed by atoms with Gasteiger partial charge in [0.25, 0.3) is 0 Å². The Morgan fingerprint density at radius 1 is 0.246 bits per heavy atom. The molecule has 0 spiro atoms. The van der Waals surface area contributed by atoms with Crippen molar-refractivity contribution >= 4 is 54.1 Å². The van der Waals surface area contributed by atoms with E-state index in [1.165, 1.54) is 65.3 Å². The van der Waals surface area contributed by atoms with E-state index in [0.29, 0.717) is 17.5 Å². The molecule has 0 aliphatic carbocycles. The van der Waals surface area contributed by atoms with Crippen LogP contribution in [0.2, 0.25) is 0 Å². The summed E-state index contributed by atoms with van der Waals surface area (Å²) in [5, 5.41) is 10.1. The maximum Gasteiger partial charge on any atom is 0.164 e. The van der Waals surface area contributed by atoms with E-state index in [0.717, 1.165) is 33.4 Å². The van der Waals surface area contributed by atoms with Crippen LogP contribution >= 0.6 is 0 Å². The number of rotatable bonds is 6. The first-order chi connectivity index (χ1) is 30.2. The Hall–Kier alpha value is -8.21. The smallest absolute Gasteiger partial charge is 0.164 e. The van der Waals surface area contributed by atoms with Crippen LogP contribution in [-0.4, -0.2) is 19.5 Å². The molecule has 0 saturated carbocycles. The van der Waals surface area contributed by atoms with Crippen molar-refractivity contribution in [2.75, 3.05) is 0 Å². The number of hydrogen-bond acceptors (Lipinski definition) is 3. The van der Waals surface area contributed by atoms with Crippen molar-refractivity contribution in [3.05, 3.63) is 218 Å². The molecule has 0 aliphatic heterocycles. The highest BCUT2D eigenvalue weighted by Crippen LogP contribution is 2.41. The summed E-state index contributed by atoms with van der Waals surface area (Å²) in [6.07, 6.45) is 0. The summed E-state index contributed by atoms with van der Waals surface area (Å²) in [4.78, 5) is 14.9. The summed E-state index contributed by atoms with van der Waals surface area (Å²) in [6, 6.07) is 77.8. The highest BCUT2D eigenvalue weighted by Gasteiger charge is 2.18. The van der Waals surface area contributed by atoms with Crippen molar-refractivity contribution in [2.45, 2.75) is 0 Å². The molecule has 2 aromatic heterocycles. The number of para-hydroxylation sites is 1. The first-order valence-electron chi connectivity index (χ1n) is 20.7. The maximum atomic E-state index is 4.99. The zero-order valence-electron chi connectivity index (χ0n) is 33.1. The summed E-state index contributed by atoms with van der Waals surface area (Å²) in [5.41, 5.74) is 11.0. The molecule has 0 aliphatic rings. The van der Waals surface area contributed by atoms with Gasteiger partial charge in [-0.1, -0.05) is 176 Å². The minimum Gasteiger partial charge on any atom is -0.309 e. The molecule has 0 radical (unpaired) electrons. The Balaban J connectivity index is 0.984. The molecule has 0 bridgehead atoms. The summed E-state index contributed by atoms with van der Waals surface area (Å²) >= 11 is 0. The largest absolute Gasteiger partial charge is 0.309 e. The van der Waals surface area contributed by atoms with Crippen LogP contribution < -0.4 is 0 Å². The molecule has 0 amide bonds. The lowest BCUT2D eigenvalue weighted by Crippen LogP contribution is -2.00. The van der Waals surface area contributed by atoms with Crippen molar-refractivity contribution < 1.29 is 0 Å². The monoisotopic (exact) mass is 776 g/mol. The zero-order chi connectivity index (χ0) is 40.3. The van der Waals surface area contributed by atoms with Gasteiger partial charge in [0.2, 0.25) is 0 Å². The van der Waals surface area contributed by atoms with E-state index >= 15 is 0 Å². The third-order valence-corrected chi connectivity index (χ3v) is 12.1. The highest BCUT2D eigenvalue weighted by molar-refractivity contribution is 6.26. The molecule has 0 fully saturated rings. The van der Waals surface area contributed by atoms with Crippen molar-refractivity contribution in [3.8, 4) is 62.1 Å². The maximum absolute atomic E-state index is 4.99. The second kappa shape index (κ2) is 14.3. The van der Waals surface area contributed by atoms with E-state index in [9.17, 15) is 0 Å². The van der Waals surface area contributed by atoms with Crippen LogP contribution in [-0.2, 0) is 0 Å². The molecule has 0 saturated heterocycles. The van der Waals surface area contributed by atoms with Gasteiger partial charge < -0.3 is 4.57 Å². The van der Waals surface area contributed by atoms with Crippen LogP contribution in [0.3, 0.4) is 0 Å². The second-order valence-electron chi connectivity index (χ2n) is 15.6. The Bertz CT molecular complexity index is 3530. The normalized spacial score (nSPS) is 11.6. The molecule has 61 heavy (non-hydrogen) atoms. The number of fused-ring (bicyclic) bond motifs is 9. The number of hydrogen-bond donors (Lipinski definition) is 0. The molecular formula is C57H36N4. The fraction of sp³-hybridized carbons (Fsp3) is 0. The van der Waals surface area contributed by atoms with Crippen molar-refractivity contribution in [1.29, 1.82) is 0 Å². The van der Waals surface area contributed by atoms with Gasteiger partial charge in [-0.3, -0.25) is 0 Å². The predicted octanol–water partition coefficient (Wildman–Crippen LogP) is 14.8. The van der Waals surface area contributed by atoms with Crippen LogP contribution in [0.1, 0.15) is 0 Å². The van der Waals surface area contributed by atoms with Gasteiger partial charge in [0, 0.05) is 33.2 Å². The standard InChI is InChI=1S/C57H36N4/c1-3-15-37(16-4-1)55-58-56(38-17-5-2-6-18-38)60-57(59-55)39-27-31-42(32-28-39)61-53-26-14-13-25-50(53)51-34-30-41(36-54(51)61)44-20-8-7-19-43(44)40-29-33-49-47-23-10-9-21-45(47)46-22-11-12-24-48(46)52(49)35-40/h1-36H. The van der Waals surface area contributed by atoms with Crippen LogP contribution in [0, 0.1) is 0 Å². The Labute approximate surface area is 352 Å². The third kappa shape index (κ3) is 5.88. The summed E-state index contributed by atoms with van der Waals surface area (Å²) < 4.78 is 2.38. The van der Waals surface area contributed by atoms with Gasteiger partial charge in [0.15, 0.2) is 17.5 Å². The SMILES string of the molecule is c1ccc(-c2nc(-c3ccccc3)nc(-c3ccc(-n4c5ccccc5c5ccc(-c6ccccc6-c6ccc7c8ccccc8c8ccccc8c7c6)cc54)cc3)n2)cc1. The van der Waals surface area contributed by atoms with Crippen molar-refractivity contribution in [2.24, 2.45) is 0 Å². The quantitative estimate of drug-likeness (QED) is 0.158. The van der Waals surface area contributed by atoms with Gasteiger partial charge in [-0.15, -0.1) is 0 Å². The van der Waals surface area contributed by atoms with E-state index in [4.69, 9.17) is 15.0 Å². The van der Waals surface area contributed by atoms with E-state index < -0.39 is 0 Å². The number of nitrogens with zero attached hydrogens (tertiary/aromatic N) is 4. The minimum absolute atomic E-state index is 0.634. The molecule has 0 N–H and O–H groups in total. The van der Waals surface area contributed by atoms with Crippen LogP contribution in [0.25, 0.3) is 116 Å². The lowest BCUT2D eigenvalue weighted by Gasteiger charge is -2.15. The minimum atomic E-state index is 0.634. The van der Waals surface area contributed by atoms with Crippen LogP contribution in [0.5, 0.6) is 0 Å². The van der Waals surface area contributed by atoms with Crippen molar-refractivity contribution in [1.82, 2.24) is 19.5 Å². The Morgan fingerprint density at radius 2 is 0.623 bits per heavy atom. The zero-order valence-corrected chi connectivity index (χ0v) is 33.1. The predicted molar refractivity (Wildman–Crippen MR) is 254 cm³/mol. The summed E-state index contributed by atoms with van der Waals surface area (Å²) in [5.74, 6) is 1.93. The van der Waals surface area contributed by atoms with Crippen LogP contribution in [0.15, 0.2) is 218 Å². The van der Waals surface area contributed by atoms with Gasteiger partial charge in [0.1, 0.15) is 0 Å². The first-order valence-corrected chi connectivity index (χ1v) is 20.7. The Kier molecular flexibility index (Phi) is 8.13.